The second-order valence-corrected chi connectivity index (χ2v) is 3.43. The molecule has 0 bridgehead atoms. The molecule has 0 aromatic rings. The average Bonchev–Trinajstić information content (AvgIpc) is 2.10. The first-order valence-corrected chi connectivity index (χ1v) is 5.16. The van der Waals surface area contributed by atoms with Crippen molar-refractivity contribution in [3.05, 3.63) is 32.8 Å². The first-order chi connectivity index (χ1) is 6.49. The number of hydrogen-bond acceptors (Lipinski definition) is 4. The lowest BCUT2D eigenvalue weighted by molar-refractivity contribution is -0.427. The summed E-state index contributed by atoms with van der Waals surface area (Å²) < 4.78 is 17.3. The summed E-state index contributed by atoms with van der Waals surface area (Å²) in [5.74, 6) is -0.123. The molecule has 0 aliphatic rings. The standard InChI is InChI=1S/C7H9BrFNO3S/c1-5(10(11)12)6(4-7(9)14)13-3-2-8/h4,14H,2-3H2,1H3/b6-5-,7-4-. The second kappa shape index (κ2) is 6.83. The first-order valence-electron chi connectivity index (χ1n) is 3.59. The summed E-state index contributed by atoms with van der Waals surface area (Å²) in [7, 11) is 0. The van der Waals surface area contributed by atoms with Crippen molar-refractivity contribution >= 4 is 28.6 Å². The van der Waals surface area contributed by atoms with E-state index < -0.39 is 10.1 Å². The van der Waals surface area contributed by atoms with Gasteiger partial charge in [-0.25, -0.2) is 0 Å². The van der Waals surface area contributed by atoms with Gasteiger partial charge in [0.1, 0.15) is 0 Å². The third-order valence-corrected chi connectivity index (χ3v) is 1.67. The van der Waals surface area contributed by atoms with Crippen molar-refractivity contribution in [2.45, 2.75) is 6.92 Å². The molecule has 0 spiro atoms. The summed E-state index contributed by atoms with van der Waals surface area (Å²) in [6.45, 7) is 1.45. The second-order valence-electron chi connectivity index (χ2n) is 2.21. The molecule has 0 aliphatic heterocycles. The van der Waals surface area contributed by atoms with Gasteiger partial charge in [-0.2, -0.15) is 4.39 Å². The van der Waals surface area contributed by atoms with Gasteiger partial charge in [0.2, 0.25) is 0 Å². The van der Waals surface area contributed by atoms with Crippen LogP contribution in [-0.4, -0.2) is 16.9 Å². The van der Waals surface area contributed by atoms with Gasteiger partial charge in [-0.15, -0.1) is 12.6 Å². The van der Waals surface area contributed by atoms with Gasteiger partial charge >= 0.3 is 0 Å². The molecule has 0 N–H and O–H groups in total. The lowest BCUT2D eigenvalue weighted by Gasteiger charge is -2.04. The van der Waals surface area contributed by atoms with E-state index in [9.17, 15) is 14.5 Å². The highest BCUT2D eigenvalue weighted by atomic mass is 79.9. The SMILES string of the molecule is C/C(=C(\C=C(\F)S)OCCBr)[N+](=O)[O-]. The van der Waals surface area contributed by atoms with Crippen LogP contribution >= 0.6 is 28.6 Å². The molecule has 0 aromatic carbocycles. The van der Waals surface area contributed by atoms with Gasteiger partial charge in [-0.3, -0.25) is 10.1 Å². The molecule has 14 heavy (non-hydrogen) atoms. The Balaban J connectivity index is 4.79. The topological polar surface area (TPSA) is 52.4 Å². The van der Waals surface area contributed by atoms with Crippen molar-refractivity contribution < 1.29 is 14.1 Å². The molecule has 0 atom stereocenters. The zero-order valence-electron chi connectivity index (χ0n) is 7.37. The Labute approximate surface area is 94.5 Å². The predicted molar refractivity (Wildman–Crippen MR) is 57.6 cm³/mol. The van der Waals surface area contributed by atoms with Crippen molar-refractivity contribution in [3.63, 3.8) is 0 Å². The summed E-state index contributed by atoms with van der Waals surface area (Å²) in [4.78, 5) is 9.72. The lowest BCUT2D eigenvalue weighted by atomic mass is 10.4. The fourth-order valence-corrected chi connectivity index (χ4v) is 0.876. The summed E-state index contributed by atoms with van der Waals surface area (Å²) in [5, 5.41) is 10.0. The zero-order valence-corrected chi connectivity index (χ0v) is 9.85. The molecule has 0 aliphatic carbocycles. The number of halogens is 2. The van der Waals surface area contributed by atoms with Crippen LogP contribution in [0.4, 0.5) is 4.39 Å². The van der Waals surface area contributed by atoms with Crippen LogP contribution in [0.3, 0.4) is 0 Å². The Morgan fingerprint density at radius 1 is 1.79 bits per heavy atom. The molecule has 0 saturated carbocycles. The molecule has 0 rings (SSSR count). The van der Waals surface area contributed by atoms with E-state index >= 15 is 0 Å². The van der Waals surface area contributed by atoms with Crippen molar-refractivity contribution in [2.24, 2.45) is 0 Å². The Morgan fingerprint density at radius 2 is 2.36 bits per heavy atom. The normalized spacial score (nSPS) is 13.6. The van der Waals surface area contributed by atoms with Gasteiger partial charge in [-0.05, 0) is 0 Å². The summed E-state index contributed by atoms with van der Waals surface area (Å²) in [6, 6.07) is 0. The first kappa shape index (κ1) is 13.4. The molecule has 0 saturated heterocycles. The lowest BCUT2D eigenvalue weighted by Crippen LogP contribution is -2.03. The Kier molecular flexibility index (Phi) is 6.56. The highest BCUT2D eigenvalue weighted by Gasteiger charge is 2.12. The zero-order chi connectivity index (χ0) is 11.1. The largest absolute Gasteiger partial charge is 0.486 e. The number of alkyl halides is 1. The van der Waals surface area contributed by atoms with Gasteiger partial charge in [0.25, 0.3) is 5.70 Å². The fourth-order valence-electron chi connectivity index (χ4n) is 0.597. The van der Waals surface area contributed by atoms with Crippen LogP contribution in [0.5, 0.6) is 0 Å². The van der Waals surface area contributed by atoms with Gasteiger partial charge in [-0.1, -0.05) is 15.9 Å². The Morgan fingerprint density at radius 3 is 2.71 bits per heavy atom. The number of rotatable bonds is 5. The van der Waals surface area contributed by atoms with Crippen molar-refractivity contribution in [2.75, 3.05) is 11.9 Å². The molecule has 0 radical (unpaired) electrons. The van der Waals surface area contributed by atoms with Crippen LogP contribution in [0.2, 0.25) is 0 Å². The smallest absolute Gasteiger partial charge is 0.284 e. The highest BCUT2D eigenvalue weighted by molar-refractivity contribution is 9.09. The predicted octanol–water partition coefficient (Wildman–Crippen LogP) is 2.65. The van der Waals surface area contributed by atoms with E-state index in [1.165, 1.54) is 6.92 Å². The Hall–Kier alpha value is -0.560. The summed E-state index contributed by atoms with van der Waals surface area (Å²) in [5.41, 5.74) is -0.254. The van der Waals surface area contributed by atoms with E-state index in [1.807, 2.05) is 0 Å². The number of ether oxygens (including phenoxy) is 1. The number of allylic oxidation sites excluding steroid dienone is 2. The van der Waals surface area contributed by atoms with Gasteiger partial charge in [0.05, 0.1) is 11.5 Å². The van der Waals surface area contributed by atoms with Crippen LogP contribution in [0.1, 0.15) is 6.92 Å². The number of nitrogens with zero attached hydrogens (tertiary/aromatic N) is 1. The van der Waals surface area contributed by atoms with E-state index in [0.717, 1.165) is 6.08 Å². The van der Waals surface area contributed by atoms with Crippen molar-refractivity contribution in [1.29, 1.82) is 0 Å². The molecular formula is C7H9BrFNO3S. The maximum atomic E-state index is 12.4. The van der Waals surface area contributed by atoms with Crippen LogP contribution in [0, 0.1) is 10.1 Å². The van der Waals surface area contributed by atoms with E-state index in [-0.39, 0.29) is 18.1 Å². The summed E-state index contributed by atoms with van der Waals surface area (Å²) in [6.07, 6.45) is 0.865. The minimum absolute atomic E-state index is 0.123. The fraction of sp³-hybridized carbons (Fsp3) is 0.429. The number of thiol groups is 1. The third kappa shape index (κ3) is 5.23. The van der Waals surface area contributed by atoms with Gasteiger partial charge in [0, 0.05) is 18.3 Å². The van der Waals surface area contributed by atoms with Crippen LogP contribution in [0.15, 0.2) is 22.7 Å². The van der Waals surface area contributed by atoms with Gasteiger partial charge in [0.15, 0.2) is 10.9 Å². The molecule has 0 heterocycles. The Bertz CT molecular complexity index is 276. The van der Waals surface area contributed by atoms with Crippen LogP contribution in [-0.2, 0) is 4.74 Å². The van der Waals surface area contributed by atoms with Crippen LogP contribution in [0.25, 0.3) is 0 Å². The van der Waals surface area contributed by atoms with E-state index in [1.54, 1.807) is 0 Å². The van der Waals surface area contributed by atoms with Crippen LogP contribution < -0.4 is 0 Å². The number of nitro groups is 1. The molecule has 7 heteroatoms. The maximum absolute atomic E-state index is 12.4. The molecule has 0 aromatic heterocycles. The van der Waals surface area contributed by atoms with Crippen molar-refractivity contribution in [1.82, 2.24) is 0 Å². The third-order valence-electron chi connectivity index (χ3n) is 1.22. The van der Waals surface area contributed by atoms with E-state index in [4.69, 9.17) is 4.74 Å². The van der Waals surface area contributed by atoms with E-state index in [2.05, 4.69) is 28.6 Å². The summed E-state index contributed by atoms with van der Waals surface area (Å²) >= 11 is 6.45. The molecule has 80 valence electrons. The maximum Gasteiger partial charge on any atom is 0.284 e. The minimum atomic E-state index is -0.837. The monoisotopic (exact) mass is 285 g/mol. The molecule has 4 nitrogen and oxygen atoms in total. The van der Waals surface area contributed by atoms with Gasteiger partial charge < -0.3 is 4.74 Å². The van der Waals surface area contributed by atoms with E-state index in [0.29, 0.717) is 5.33 Å². The molecule has 0 unspecified atom stereocenters. The minimum Gasteiger partial charge on any atom is -0.486 e. The molecule has 0 amide bonds. The quantitative estimate of drug-likeness (QED) is 0.211. The number of hydrogen-bond donors (Lipinski definition) is 1. The highest BCUT2D eigenvalue weighted by Crippen LogP contribution is 2.13. The average molecular weight is 286 g/mol. The molecular weight excluding hydrogens is 277 g/mol. The van der Waals surface area contributed by atoms with Crippen molar-refractivity contribution in [3.8, 4) is 0 Å². The molecule has 0 fully saturated rings.